The molecule has 0 aromatic heterocycles. The van der Waals surface area contributed by atoms with Crippen LogP contribution in [0.5, 0.6) is 0 Å². The van der Waals surface area contributed by atoms with Gasteiger partial charge >= 0.3 is 0 Å². The number of rotatable bonds is 3. The number of aryl methyl sites for hydroxylation is 1. The molecule has 0 bridgehead atoms. The van der Waals surface area contributed by atoms with Gasteiger partial charge < -0.3 is 15.5 Å². The van der Waals surface area contributed by atoms with Crippen LogP contribution in [-0.4, -0.2) is 47.3 Å². The number of nitrogens with one attached hydrogen (secondary N) is 2. The minimum absolute atomic E-state index is 0.0450. The molecule has 2 N–H and O–H groups in total. The molecule has 1 aromatic rings. The molecule has 0 spiro atoms. The molecule has 3 atom stereocenters. The molecular formula is C18H23N3O3. The summed E-state index contributed by atoms with van der Waals surface area (Å²) in [6, 6.07) is 6.17. The van der Waals surface area contributed by atoms with Gasteiger partial charge in [-0.15, -0.1) is 0 Å². The number of hydrogen-bond acceptors (Lipinski definition) is 3. The van der Waals surface area contributed by atoms with Gasteiger partial charge in [-0.05, 0) is 31.4 Å². The van der Waals surface area contributed by atoms with Crippen molar-refractivity contribution in [3.05, 3.63) is 35.4 Å². The average Bonchev–Trinajstić information content (AvgIpc) is 2.96. The van der Waals surface area contributed by atoms with Crippen molar-refractivity contribution in [1.82, 2.24) is 15.5 Å². The molecule has 0 aliphatic carbocycles. The number of hydrogen-bond donors (Lipinski definition) is 2. The Balaban J connectivity index is 1.68. The summed E-state index contributed by atoms with van der Waals surface area (Å²) in [6.07, 6.45) is 0.458. The van der Waals surface area contributed by atoms with Crippen LogP contribution in [0.4, 0.5) is 0 Å². The number of benzene rings is 1. The lowest BCUT2D eigenvalue weighted by atomic mass is 9.98. The van der Waals surface area contributed by atoms with Gasteiger partial charge in [-0.25, -0.2) is 0 Å². The van der Waals surface area contributed by atoms with Crippen molar-refractivity contribution in [2.45, 2.75) is 45.3 Å². The first-order valence-corrected chi connectivity index (χ1v) is 8.35. The third-order valence-electron chi connectivity index (χ3n) is 4.77. The van der Waals surface area contributed by atoms with Crippen LogP contribution in [0.15, 0.2) is 24.3 Å². The molecule has 24 heavy (non-hydrogen) atoms. The Kier molecular flexibility index (Phi) is 4.30. The van der Waals surface area contributed by atoms with Gasteiger partial charge in [0.1, 0.15) is 12.1 Å². The molecule has 0 saturated carbocycles. The van der Waals surface area contributed by atoms with E-state index in [1.807, 2.05) is 32.9 Å². The van der Waals surface area contributed by atoms with E-state index >= 15 is 0 Å². The normalized spacial score (nSPS) is 26.3. The van der Waals surface area contributed by atoms with E-state index in [-0.39, 0.29) is 29.7 Å². The number of fused-ring (bicyclic) bond motifs is 1. The van der Waals surface area contributed by atoms with E-state index in [1.165, 1.54) is 0 Å². The zero-order valence-electron chi connectivity index (χ0n) is 14.2. The van der Waals surface area contributed by atoms with Gasteiger partial charge in [-0.2, -0.15) is 0 Å². The number of carbonyl (C=O) groups is 3. The molecule has 128 valence electrons. The third-order valence-corrected chi connectivity index (χ3v) is 4.77. The molecule has 3 rings (SSSR count). The molecule has 2 aliphatic rings. The van der Waals surface area contributed by atoms with E-state index in [0.29, 0.717) is 18.5 Å². The monoisotopic (exact) mass is 329 g/mol. The van der Waals surface area contributed by atoms with Crippen molar-refractivity contribution in [2.24, 2.45) is 5.92 Å². The highest BCUT2D eigenvalue weighted by Crippen LogP contribution is 2.25. The topological polar surface area (TPSA) is 78.5 Å². The first kappa shape index (κ1) is 16.5. The summed E-state index contributed by atoms with van der Waals surface area (Å²) in [5, 5.41) is 5.75. The Morgan fingerprint density at radius 2 is 1.92 bits per heavy atom. The van der Waals surface area contributed by atoms with Crippen LogP contribution >= 0.6 is 0 Å². The zero-order chi connectivity index (χ0) is 17.4. The summed E-state index contributed by atoms with van der Waals surface area (Å²) in [5.41, 5.74) is 1.67. The highest BCUT2D eigenvalue weighted by Gasteiger charge is 2.47. The summed E-state index contributed by atoms with van der Waals surface area (Å²) >= 11 is 0. The quantitative estimate of drug-likeness (QED) is 0.863. The maximum Gasteiger partial charge on any atom is 0.251 e. The third kappa shape index (κ3) is 3.00. The molecule has 0 unspecified atom stereocenters. The van der Waals surface area contributed by atoms with Crippen LogP contribution in [0, 0.1) is 12.8 Å². The first-order chi connectivity index (χ1) is 11.4. The van der Waals surface area contributed by atoms with Crippen LogP contribution in [0.2, 0.25) is 0 Å². The predicted molar refractivity (Wildman–Crippen MR) is 89.3 cm³/mol. The molecule has 2 aliphatic heterocycles. The first-order valence-electron chi connectivity index (χ1n) is 8.35. The van der Waals surface area contributed by atoms with Crippen LogP contribution in [0.1, 0.15) is 36.2 Å². The Morgan fingerprint density at radius 3 is 2.54 bits per heavy atom. The van der Waals surface area contributed by atoms with E-state index in [9.17, 15) is 14.4 Å². The van der Waals surface area contributed by atoms with Crippen molar-refractivity contribution in [3.63, 3.8) is 0 Å². The molecule has 0 radical (unpaired) electrons. The van der Waals surface area contributed by atoms with Gasteiger partial charge in [0.15, 0.2) is 0 Å². The fourth-order valence-electron chi connectivity index (χ4n) is 3.35. The van der Waals surface area contributed by atoms with Gasteiger partial charge in [0.2, 0.25) is 11.8 Å². The van der Waals surface area contributed by atoms with Crippen molar-refractivity contribution < 1.29 is 14.4 Å². The maximum atomic E-state index is 12.5. The van der Waals surface area contributed by atoms with Gasteiger partial charge in [0.05, 0.1) is 0 Å². The van der Waals surface area contributed by atoms with Crippen LogP contribution in [0.25, 0.3) is 0 Å². The molecule has 6 nitrogen and oxygen atoms in total. The molecule has 2 fully saturated rings. The SMILES string of the molecule is Cc1ccc(C(=O)N[C@H]2C[C@H]3C(=O)N[C@H](C(C)C)C(=O)N3C2)cc1. The summed E-state index contributed by atoms with van der Waals surface area (Å²) in [7, 11) is 0. The second kappa shape index (κ2) is 6.26. The van der Waals surface area contributed by atoms with Crippen LogP contribution < -0.4 is 10.6 Å². The van der Waals surface area contributed by atoms with Gasteiger partial charge in [0, 0.05) is 18.2 Å². The summed E-state index contributed by atoms with van der Waals surface area (Å²) in [6.45, 7) is 6.18. The average molecular weight is 329 g/mol. The van der Waals surface area contributed by atoms with Gasteiger partial charge in [0.25, 0.3) is 5.91 Å². The van der Waals surface area contributed by atoms with E-state index in [0.717, 1.165) is 5.56 Å². The molecule has 6 heteroatoms. The minimum Gasteiger partial charge on any atom is -0.347 e. The zero-order valence-corrected chi connectivity index (χ0v) is 14.2. The van der Waals surface area contributed by atoms with Crippen molar-refractivity contribution in [2.75, 3.05) is 6.54 Å². The molecule has 1 aromatic carbocycles. The Bertz CT molecular complexity index is 669. The molecular weight excluding hydrogens is 306 g/mol. The Morgan fingerprint density at radius 1 is 1.25 bits per heavy atom. The highest BCUT2D eigenvalue weighted by atomic mass is 16.2. The number of amides is 3. The lowest BCUT2D eigenvalue weighted by molar-refractivity contribution is -0.148. The Hall–Kier alpha value is -2.37. The largest absolute Gasteiger partial charge is 0.347 e. The summed E-state index contributed by atoms with van der Waals surface area (Å²) < 4.78 is 0. The van der Waals surface area contributed by atoms with Crippen molar-refractivity contribution in [1.29, 1.82) is 0 Å². The van der Waals surface area contributed by atoms with E-state index < -0.39 is 12.1 Å². The molecule has 3 amide bonds. The number of nitrogens with zero attached hydrogens (tertiary/aromatic N) is 1. The second-order valence-electron chi connectivity index (χ2n) is 7.01. The second-order valence-corrected chi connectivity index (χ2v) is 7.01. The van der Waals surface area contributed by atoms with E-state index in [2.05, 4.69) is 10.6 Å². The molecule has 2 heterocycles. The van der Waals surface area contributed by atoms with Crippen molar-refractivity contribution in [3.8, 4) is 0 Å². The standard InChI is InChI=1S/C18H23N3O3/c1-10(2)15-18(24)21-9-13(8-14(21)17(23)20-15)19-16(22)12-6-4-11(3)5-7-12/h4-7,10,13-15H,8-9H2,1-3H3,(H,19,22)(H,20,23)/t13-,14-,15+/m0/s1. The minimum atomic E-state index is -0.476. The van der Waals surface area contributed by atoms with Gasteiger partial charge in [-0.1, -0.05) is 31.5 Å². The maximum absolute atomic E-state index is 12.5. The van der Waals surface area contributed by atoms with E-state index in [1.54, 1.807) is 17.0 Å². The molecule has 2 saturated heterocycles. The van der Waals surface area contributed by atoms with Crippen LogP contribution in [0.3, 0.4) is 0 Å². The lowest BCUT2D eigenvalue weighted by Crippen LogP contribution is -2.62. The smallest absolute Gasteiger partial charge is 0.251 e. The van der Waals surface area contributed by atoms with Crippen LogP contribution in [-0.2, 0) is 9.59 Å². The number of piperazine rings is 1. The lowest BCUT2D eigenvalue weighted by Gasteiger charge is -2.36. The van der Waals surface area contributed by atoms with Gasteiger partial charge in [-0.3, -0.25) is 14.4 Å². The highest BCUT2D eigenvalue weighted by molar-refractivity contribution is 5.98. The van der Waals surface area contributed by atoms with Crippen molar-refractivity contribution >= 4 is 17.7 Å². The van der Waals surface area contributed by atoms with E-state index in [4.69, 9.17) is 0 Å². The summed E-state index contributed by atoms with van der Waals surface area (Å²) in [5.74, 6) is -0.307. The fourth-order valence-corrected chi connectivity index (χ4v) is 3.35. The predicted octanol–water partition coefficient (Wildman–Crippen LogP) is 0.849. The number of carbonyl (C=O) groups excluding carboxylic acids is 3. The summed E-state index contributed by atoms with van der Waals surface area (Å²) in [4.78, 5) is 38.7. The fraction of sp³-hybridized carbons (Fsp3) is 0.500. The Labute approximate surface area is 141 Å².